The summed E-state index contributed by atoms with van der Waals surface area (Å²) in [6.07, 6.45) is 0. The first-order chi connectivity index (χ1) is 16.1. The van der Waals surface area contributed by atoms with Crippen LogP contribution in [0.5, 0.6) is 23.5 Å². The van der Waals surface area contributed by atoms with E-state index in [-0.39, 0.29) is 23.0 Å². The summed E-state index contributed by atoms with van der Waals surface area (Å²) in [7, 11) is 6.00. The molecule has 0 fully saturated rings. The van der Waals surface area contributed by atoms with E-state index < -0.39 is 11.9 Å². The van der Waals surface area contributed by atoms with Gasteiger partial charge < -0.3 is 40.6 Å². The minimum absolute atomic E-state index is 0.0186. The lowest BCUT2D eigenvalue weighted by atomic mass is 10.1. The second-order valence-electron chi connectivity index (χ2n) is 5.81. The highest BCUT2D eigenvalue weighted by molar-refractivity contribution is 5.93. The fourth-order valence-electron chi connectivity index (χ4n) is 2.05. The first-order valence-corrected chi connectivity index (χ1v) is 9.15. The molecule has 0 saturated carbocycles. The topological polar surface area (TPSA) is 215 Å². The fraction of sp³-hybridized carbons (Fsp3) is 0.200. The monoisotopic (exact) mass is 476 g/mol. The molecule has 0 aliphatic heterocycles. The van der Waals surface area contributed by atoms with Crippen molar-refractivity contribution in [1.82, 2.24) is 19.9 Å². The maximum Gasteiger partial charge on any atom is 0.335 e. The maximum absolute atomic E-state index is 10.4. The number of anilines is 2. The van der Waals surface area contributed by atoms with Crippen LogP contribution >= 0.6 is 0 Å². The Morgan fingerprint density at radius 3 is 1.18 bits per heavy atom. The van der Waals surface area contributed by atoms with Crippen LogP contribution in [0.4, 0.5) is 11.9 Å². The highest BCUT2D eigenvalue weighted by Gasteiger charge is 2.06. The van der Waals surface area contributed by atoms with Crippen LogP contribution in [-0.2, 0) is 0 Å². The zero-order valence-corrected chi connectivity index (χ0v) is 18.8. The number of aromatic carboxylic acids is 2. The SMILES string of the molecule is COc1cc(OC)nc(N)n1.COc1cc(OC)nc(N)n1.O=C(O)c1cccc(C(=O)O)c1. The smallest absolute Gasteiger partial charge is 0.335 e. The molecule has 2 aromatic heterocycles. The minimum atomic E-state index is -1.13. The van der Waals surface area contributed by atoms with E-state index in [1.54, 1.807) is 12.1 Å². The molecular formula is C20H24N6O8. The van der Waals surface area contributed by atoms with Gasteiger partial charge in [0.15, 0.2) is 0 Å². The summed E-state index contributed by atoms with van der Waals surface area (Å²) in [5.74, 6) is -0.383. The normalized spacial score (nSPS) is 9.29. The number of carboxylic acid groups (broad SMARTS) is 2. The Labute approximate surface area is 194 Å². The lowest BCUT2D eigenvalue weighted by molar-refractivity contribution is 0.0696. The number of benzene rings is 1. The van der Waals surface area contributed by atoms with E-state index in [4.69, 9.17) is 40.6 Å². The molecule has 14 nitrogen and oxygen atoms in total. The molecule has 0 atom stereocenters. The number of carbonyl (C=O) groups is 2. The molecule has 0 spiro atoms. The van der Waals surface area contributed by atoms with Crippen molar-refractivity contribution in [3.63, 3.8) is 0 Å². The van der Waals surface area contributed by atoms with Crippen LogP contribution < -0.4 is 30.4 Å². The van der Waals surface area contributed by atoms with Crippen LogP contribution in [-0.4, -0.2) is 70.5 Å². The second-order valence-corrected chi connectivity index (χ2v) is 5.81. The van der Waals surface area contributed by atoms with Gasteiger partial charge in [-0.3, -0.25) is 0 Å². The Kier molecular flexibility index (Phi) is 10.8. The van der Waals surface area contributed by atoms with Crippen molar-refractivity contribution in [2.45, 2.75) is 0 Å². The van der Waals surface area contributed by atoms with Gasteiger partial charge >= 0.3 is 11.9 Å². The van der Waals surface area contributed by atoms with Crippen molar-refractivity contribution in [3.8, 4) is 23.5 Å². The molecule has 0 aliphatic carbocycles. The number of rotatable bonds is 6. The van der Waals surface area contributed by atoms with Crippen molar-refractivity contribution in [2.75, 3.05) is 39.9 Å². The van der Waals surface area contributed by atoms with Gasteiger partial charge in [-0.15, -0.1) is 0 Å². The third-order valence-electron chi connectivity index (χ3n) is 3.59. The molecule has 3 rings (SSSR count). The van der Waals surface area contributed by atoms with Gasteiger partial charge in [-0.2, -0.15) is 19.9 Å². The van der Waals surface area contributed by atoms with E-state index in [1.807, 2.05) is 0 Å². The molecule has 3 aromatic rings. The van der Waals surface area contributed by atoms with E-state index in [2.05, 4.69) is 19.9 Å². The minimum Gasteiger partial charge on any atom is -0.481 e. The Bertz CT molecular complexity index is 985. The number of hydrogen-bond acceptors (Lipinski definition) is 12. The zero-order chi connectivity index (χ0) is 25.7. The van der Waals surface area contributed by atoms with Gasteiger partial charge in [0, 0.05) is 0 Å². The third kappa shape index (κ3) is 9.09. The Morgan fingerprint density at radius 1 is 0.647 bits per heavy atom. The van der Waals surface area contributed by atoms with Gasteiger partial charge in [0.1, 0.15) is 0 Å². The lowest BCUT2D eigenvalue weighted by Crippen LogP contribution is -2.01. The Balaban J connectivity index is 0.000000255. The highest BCUT2D eigenvalue weighted by Crippen LogP contribution is 2.15. The summed E-state index contributed by atoms with van der Waals surface area (Å²) in [6.45, 7) is 0. The molecule has 0 radical (unpaired) electrons. The van der Waals surface area contributed by atoms with Crippen LogP contribution in [0.1, 0.15) is 20.7 Å². The number of methoxy groups -OCH3 is 4. The molecule has 6 N–H and O–H groups in total. The van der Waals surface area contributed by atoms with Crippen LogP contribution in [0.15, 0.2) is 36.4 Å². The van der Waals surface area contributed by atoms with Crippen molar-refractivity contribution in [2.24, 2.45) is 0 Å². The average Bonchev–Trinajstić information content (AvgIpc) is 2.83. The van der Waals surface area contributed by atoms with Crippen molar-refractivity contribution in [1.29, 1.82) is 0 Å². The van der Waals surface area contributed by atoms with E-state index in [1.165, 1.54) is 46.6 Å². The standard InChI is InChI=1S/C8H6O4.2C6H9N3O2/c9-7(10)5-2-1-3-6(4-5)8(11)12;2*1-10-4-3-5(11-2)9-6(7)8-4/h1-4H,(H,9,10)(H,11,12);2*3H,1-2H3,(H2,7,8,9). The molecule has 2 heterocycles. The molecule has 14 heteroatoms. The molecule has 1 aromatic carbocycles. The van der Waals surface area contributed by atoms with Gasteiger partial charge in [-0.05, 0) is 18.2 Å². The maximum atomic E-state index is 10.4. The lowest BCUT2D eigenvalue weighted by Gasteiger charge is -2.02. The Morgan fingerprint density at radius 2 is 0.941 bits per heavy atom. The molecule has 0 aliphatic rings. The number of aromatic nitrogens is 4. The van der Waals surface area contributed by atoms with Gasteiger partial charge in [0.05, 0.1) is 51.7 Å². The third-order valence-corrected chi connectivity index (χ3v) is 3.59. The van der Waals surface area contributed by atoms with Crippen LogP contribution in [0, 0.1) is 0 Å². The molecule has 0 bridgehead atoms. The summed E-state index contributed by atoms with van der Waals surface area (Å²) >= 11 is 0. The van der Waals surface area contributed by atoms with Gasteiger partial charge in [0.2, 0.25) is 35.4 Å². The molecular weight excluding hydrogens is 452 g/mol. The number of hydrogen-bond donors (Lipinski definition) is 4. The molecule has 0 amide bonds. The second kappa shape index (κ2) is 13.5. The fourth-order valence-corrected chi connectivity index (χ4v) is 2.05. The van der Waals surface area contributed by atoms with E-state index in [0.717, 1.165) is 6.07 Å². The number of nitrogens with two attached hydrogens (primary N) is 2. The van der Waals surface area contributed by atoms with Crippen molar-refractivity contribution in [3.05, 3.63) is 47.5 Å². The molecule has 0 saturated heterocycles. The quantitative estimate of drug-likeness (QED) is 0.394. The molecule has 0 unspecified atom stereocenters. The summed E-state index contributed by atoms with van der Waals surface area (Å²) in [4.78, 5) is 35.8. The zero-order valence-electron chi connectivity index (χ0n) is 18.8. The number of ether oxygens (including phenoxy) is 4. The van der Waals surface area contributed by atoms with E-state index in [9.17, 15) is 9.59 Å². The first kappa shape index (κ1) is 27.2. The molecule has 34 heavy (non-hydrogen) atoms. The largest absolute Gasteiger partial charge is 0.481 e. The number of nitrogen functional groups attached to an aromatic ring is 2. The Hall–Kier alpha value is -4.88. The van der Waals surface area contributed by atoms with E-state index in [0.29, 0.717) is 23.5 Å². The molecule has 182 valence electrons. The van der Waals surface area contributed by atoms with Crippen molar-refractivity contribution >= 4 is 23.8 Å². The predicted molar refractivity (Wildman–Crippen MR) is 119 cm³/mol. The van der Waals surface area contributed by atoms with Gasteiger partial charge in [0.25, 0.3) is 0 Å². The van der Waals surface area contributed by atoms with E-state index >= 15 is 0 Å². The summed E-state index contributed by atoms with van der Waals surface area (Å²) in [5.41, 5.74) is 10.6. The van der Waals surface area contributed by atoms with Crippen molar-refractivity contribution < 1.29 is 38.7 Å². The van der Waals surface area contributed by atoms with Crippen LogP contribution in [0.3, 0.4) is 0 Å². The average molecular weight is 476 g/mol. The number of nitrogens with zero attached hydrogens (tertiary/aromatic N) is 4. The van der Waals surface area contributed by atoms with Crippen LogP contribution in [0.25, 0.3) is 0 Å². The van der Waals surface area contributed by atoms with Gasteiger partial charge in [-0.25, -0.2) is 9.59 Å². The summed E-state index contributed by atoms with van der Waals surface area (Å²) in [6, 6.07) is 8.30. The number of carboxylic acids is 2. The summed E-state index contributed by atoms with van der Waals surface area (Å²) in [5, 5.41) is 17.0. The van der Waals surface area contributed by atoms with Gasteiger partial charge in [-0.1, -0.05) is 6.07 Å². The summed E-state index contributed by atoms with van der Waals surface area (Å²) < 4.78 is 19.3. The predicted octanol–water partition coefficient (Wildman–Crippen LogP) is 1.24. The highest BCUT2D eigenvalue weighted by atomic mass is 16.5. The van der Waals surface area contributed by atoms with Crippen LogP contribution in [0.2, 0.25) is 0 Å². The first-order valence-electron chi connectivity index (χ1n) is 9.15.